The number of anilines is 2. The quantitative estimate of drug-likeness (QED) is 0.812. The molecule has 23 heavy (non-hydrogen) atoms. The summed E-state index contributed by atoms with van der Waals surface area (Å²) in [5.74, 6) is -0.154. The van der Waals surface area contributed by atoms with Crippen LogP contribution >= 0.6 is 15.9 Å². The fourth-order valence-electron chi connectivity index (χ4n) is 2.01. The number of aryl methyl sites for hydroxylation is 1. The molecule has 0 aliphatic heterocycles. The van der Waals surface area contributed by atoms with Gasteiger partial charge in [-0.15, -0.1) is 0 Å². The van der Waals surface area contributed by atoms with Crippen molar-refractivity contribution in [1.29, 1.82) is 0 Å². The molecule has 1 amide bonds. The number of likely N-dealkylation sites (N-methyl/N-ethyl adjacent to an activating group) is 1. The van der Waals surface area contributed by atoms with Gasteiger partial charge in [0.05, 0.1) is 11.9 Å². The van der Waals surface area contributed by atoms with Crippen LogP contribution in [-0.2, 0) is 0 Å². The number of carbonyl (C=O) groups excluding carboxylic acids is 1. The monoisotopic (exact) mass is 376 g/mol. The highest BCUT2D eigenvalue weighted by atomic mass is 79.9. The van der Waals surface area contributed by atoms with Crippen molar-refractivity contribution in [3.63, 3.8) is 0 Å². The molecule has 0 spiro atoms. The van der Waals surface area contributed by atoms with Crippen LogP contribution in [0.3, 0.4) is 0 Å². The zero-order valence-electron chi connectivity index (χ0n) is 13.6. The zero-order valence-corrected chi connectivity index (χ0v) is 15.1. The Balaban J connectivity index is 1.97. The first kappa shape index (κ1) is 17.4. The van der Waals surface area contributed by atoms with E-state index in [0.717, 1.165) is 28.0 Å². The molecule has 1 heterocycles. The minimum Gasteiger partial charge on any atom is -0.354 e. The molecular formula is C17H21BrN4O. The van der Waals surface area contributed by atoms with Crippen LogP contribution in [0.4, 0.5) is 11.4 Å². The van der Waals surface area contributed by atoms with Gasteiger partial charge in [-0.25, -0.2) is 4.98 Å². The summed E-state index contributed by atoms with van der Waals surface area (Å²) in [4.78, 5) is 18.2. The SMILES string of the molecule is Cc1cc(Br)ccc1Nc1ccc(C(=O)NCCN(C)C)nc1. The summed E-state index contributed by atoms with van der Waals surface area (Å²) in [6, 6.07) is 9.61. The van der Waals surface area contributed by atoms with Crippen LogP contribution in [0.25, 0.3) is 0 Å². The van der Waals surface area contributed by atoms with Gasteiger partial charge in [0.15, 0.2) is 0 Å². The normalized spacial score (nSPS) is 10.7. The lowest BCUT2D eigenvalue weighted by atomic mass is 10.2. The standard InChI is InChI=1S/C17H21BrN4O/c1-12-10-13(18)4-6-15(12)21-14-5-7-16(20-11-14)17(23)19-8-9-22(2)3/h4-7,10-11,21H,8-9H2,1-3H3,(H,19,23). The first-order valence-corrected chi connectivity index (χ1v) is 8.17. The summed E-state index contributed by atoms with van der Waals surface area (Å²) in [6.07, 6.45) is 1.67. The second-order valence-electron chi connectivity index (χ2n) is 5.58. The second kappa shape index (κ2) is 8.08. The average Bonchev–Trinajstić information content (AvgIpc) is 2.50. The molecule has 0 atom stereocenters. The Bertz CT molecular complexity index is 671. The molecule has 6 heteroatoms. The van der Waals surface area contributed by atoms with Crippen LogP contribution in [0.1, 0.15) is 16.1 Å². The van der Waals surface area contributed by atoms with E-state index in [1.54, 1.807) is 12.3 Å². The molecular weight excluding hydrogens is 356 g/mol. The minimum absolute atomic E-state index is 0.154. The third-order valence-electron chi connectivity index (χ3n) is 3.31. The van der Waals surface area contributed by atoms with E-state index in [1.807, 2.05) is 50.2 Å². The van der Waals surface area contributed by atoms with Crippen LogP contribution in [0.2, 0.25) is 0 Å². The number of halogens is 1. The number of carbonyl (C=O) groups is 1. The Morgan fingerprint density at radius 1 is 1.26 bits per heavy atom. The molecule has 0 bridgehead atoms. The summed E-state index contributed by atoms with van der Waals surface area (Å²) < 4.78 is 1.04. The lowest BCUT2D eigenvalue weighted by molar-refractivity contribution is 0.0946. The zero-order chi connectivity index (χ0) is 16.8. The Labute approximate surface area is 145 Å². The third kappa shape index (κ3) is 5.33. The first-order chi connectivity index (χ1) is 11.0. The Kier molecular flexibility index (Phi) is 6.12. The van der Waals surface area contributed by atoms with Crippen molar-refractivity contribution in [3.8, 4) is 0 Å². The number of amides is 1. The molecule has 1 aromatic heterocycles. The highest BCUT2D eigenvalue weighted by molar-refractivity contribution is 9.10. The van der Waals surface area contributed by atoms with Gasteiger partial charge in [0.1, 0.15) is 5.69 Å². The Morgan fingerprint density at radius 2 is 2.04 bits per heavy atom. The van der Waals surface area contributed by atoms with Gasteiger partial charge in [-0.3, -0.25) is 4.79 Å². The topological polar surface area (TPSA) is 57.3 Å². The van der Waals surface area contributed by atoms with Crippen molar-refractivity contribution < 1.29 is 4.79 Å². The van der Waals surface area contributed by atoms with Crippen LogP contribution in [0, 0.1) is 6.92 Å². The van der Waals surface area contributed by atoms with Crippen LogP contribution in [-0.4, -0.2) is 43.0 Å². The minimum atomic E-state index is -0.154. The highest BCUT2D eigenvalue weighted by Crippen LogP contribution is 2.23. The van der Waals surface area contributed by atoms with Gasteiger partial charge in [0.25, 0.3) is 5.91 Å². The van der Waals surface area contributed by atoms with E-state index in [9.17, 15) is 4.79 Å². The van der Waals surface area contributed by atoms with Gasteiger partial charge in [-0.1, -0.05) is 15.9 Å². The summed E-state index contributed by atoms with van der Waals surface area (Å²) >= 11 is 3.45. The molecule has 5 nitrogen and oxygen atoms in total. The first-order valence-electron chi connectivity index (χ1n) is 7.38. The average molecular weight is 377 g/mol. The summed E-state index contributed by atoms with van der Waals surface area (Å²) in [6.45, 7) is 3.44. The Hall–Kier alpha value is -1.92. The second-order valence-corrected chi connectivity index (χ2v) is 6.49. The highest BCUT2D eigenvalue weighted by Gasteiger charge is 2.07. The molecule has 0 aliphatic rings. The molecule has 0 saturated carbocycles. The van der Waals surface area contributed by atoms with Crippen molar-refractivity contribution >= 4 is 33.2 Å². The van der Waals surface area contributed by atoms with Gasteiger partial charge in [-0.2, -0.15) is 0 Å². The molecule has 122 valence electrons. The fourth-order valence-corrected chi connectivity index (χ4v) is 2.48. The molecule has 1 aromatic carbocycles. The fraction of sp³-hybridized carbons (Fsp3) is 0.294. The number of rotatable bonds is 6. The van der Waals surface area contributed by atoms with Crippen LogP contribution in [0.5, 0.6) is 0 Å². The number of benzene rings is 1. The summed E-state index contributed by atoms with van der Waals surface area (Å²) in [5.41, 5.74) is 3.41. The van der Waals surface area contributed by atoms with E-state index < -0.39 is 0 Å². The van der Waals surface area contributed by atoms with Crippen molar-refractivity contribution in [3.05, 3.63) is 52.3 Å². The van der Waals surface area contributed by atoms with Crippen molar-refractivity contribution in [2.75, 3.05) is 32.5 Å². The number of aromatic nitrogens is 1. The largest absolute Gasteiger partial charge is 0.354 e. The van der Waals surface area contributed by atoms with Gasteiger partial charge in [0.2, 0.25) is 0 Å². The Morgan fingerprint density at radius 3 is 2.65 bits per heavy atom. The number of nitrogens with zero attached hydrogens (tertiary/aromatic N) is 2. The van der Waals surface area contributed by atoms with Crippen molar-refractivity contribution in [2.24, 2.45) is 0 Å². The van der Waals surface area contributed by atoms with Crippen LogP contribution in [0.15, 0.2) is 41.0 Å². The predicted molar refractivity (Wildman–Crippen MR) is 97.3 cm³/mol. The number of nitrogens with one attached hydrogen (secondary N) is 2. The molecule has 0 unspecified atom stereocenters. The summed E-state index contributed by atoms with van der Waals surface area (Å²) in [7, 11) is 3.93. The molecule has 0 saturated heterocycles. The molecule has 2 N–H and O–H groups in total. The van der Waals surface area contributed by atoms with Gasteiger partial charge in [0, 0.05) is 23.2 Å². The third-order valence-corrected chi connectivity index (χ3v) is 3.80. The van der Waals surface area contributed by atoms with E-state index in [0.29, 0.717) is 12.2 Å². The lowest BCUT2D eigenvalue weighted by Gasteiger charge is -2.11. The van der Waals surface area contributed by atoms with Crippen LogP contribution < -0.4 is 10.6 Å². The van der Waals surface area contributed by atoms with Crippen molar-refractivity contribution in [2.45, 2.75) is 6.92 Å². The number of hydrogen-bond donors (Lipinski definition) is 2. The van der Waals surface area contributed by atoms with E-state index in [4.69, 9.17) is 0 Å². The lowest BCUT2D eigenvalue weighted by Crippen LogP contribution is -2.31. The maximum atomic E-state index is 12.0. The van der Waals surface area contributed by atoms with Crippen molar-refractivity contribution in [1.82, 2.24) is 15.2 Å². The maximum Gasteiger partial charge on any atom is 0.269 e. The molecule has 0 fully saturated rings. The van der Waals surface area contributed by atoms with E-state index >= 15 is 0 Å². The molecule has 2 aromatic rings. The van der Waals surface area contributed by atoms with Gasteiger partial charge in [-0.05, 0) is 56.9 Å². The molecule has 0 radical (unpaired) electrons. The van der Waals surface area contributed by atoms with E-state index in [-0.39, 0.29) is 5.91 Å². The van der Waals surface area contributed by atoms with E-state index in [1.165, 1.54) is 0 Å². The molecule has 0 aliphatic carbocycles. The predicted octanol–water partition coefficient (Wildman–Crippen LogP) is 3.19. The maximum absolute atomic E-state index is 12.0. The smallest absolute Gasteiger partial charge is 0.269 e. The number of hydrogen-bond acceptors (Lipinski definition) is 4. The summed E-state index contributed by atoms with van der Waals surface area (Å²) in [5, 5.41) is 6.15. The van der Waals surface area contributed by atoms with E-state index in [2.05, 4.69) is 31.5 Å². The van der Waals surface area contributed by atoms with Gasteiger partial charge >= 0.3 is 0 Å². The number of pyridine rings is 1. The molecule has 2 rings (SSSR count). The van der Waals surface area contributed by atoms with Gasteiger partial charge < -0.3 is 15.5 Å².